The number of imidazole rings is 1. The molecule has 3 aromatic rings. The lowest BCUT2D eigenvalue weighted by atomic mass is 9.86. The number of aromatic nitrogens is 2. The Morgan fingerprint density at radius 1 is 1.07 bits per heavy atom. The highest BCUT2D eigenvalue weighted by Gasteiger charge is 2.20. The number of hydrogen-bond acceptors (Lipinski definition) is 7. The highest BCUT2D eigenvalue weighted by molar-refractivity contribution is 6.10. The van der Waals surface area contributed by atoms with E-state index in [0.29, 0.717) is 6.67 Å². The van der Waals surface area contributed by atoms with Gasteiger partial charge < -0.3 is 25.0 Å². The molecule has 0 unspecified atom stereocenters. The molecule has 1 heterocycles. The van der Waals surface area contributed by atoms with Gasteiger partial charge >= 0.3 is 0 Å². The Bertz CT molecular complexity index is 1600. The van der Waals surface area contributed by atoms with Crippen LogP contribution < -0.4 is 15.5 Å². The maximum absolute atomic E-state index is 5.07. The quantitative estimate of drug-likeness (QED) is 0.124. The predicted octanol–water partition coefficient (Wildman–Crippen LogP) is 8.26. The molecule has 0 atom stereocenters. The molecule has 0 saturated heterocycles. The summed E-state index contributed by atoms with van der Waals surface area (Å²) in [5.74, 6) is 1.02. The van der Waals surface area contributed by atoms with Crippen molar-refractivity contribution in [2.24, 2.45) is 15.4 Å². The lowest BCUT2D eigenvalue weighted by Crippen LogP contribution is -2.29. The summed E-state index contributed by atoms with van der Waals surface area (Å²) in [4.78, 5) is 18.6. The second-order valence-electron chi connectivity index (χ2n) is 13.7. The average molecular weight is 625 g/mol. The number of allylic oxidation sites excluding steroid dienone is 2. The summed E-state index contributed by atoms with van der Waals surface area (Å²) >= 11 is 0. The van der Waals surface area contributed by atoms with E-state index in [2.05, 4.69) is 144 Å². The third-order valence-electron chi connectivity index (χ3n) is 7.88. The van der Waals surface area contributed by atoms with Gasteiger partial charge in [0.15, 0.2) is 0 Å². The van der Waals surface area contributed by atoms with Crippen molar-refractivity contribution in [1.29, 1.82) is 0 Å². The first-order valence-electron chi connectivity index (χ1n) is 16.2. The number of aryl methyl sites for hydroxylation is 2. The molecule has 0 bridgehead atoms. The van der Waals surface area contributed by atoms with Crippen LogP contribution in [0.15, 0.2) is 71.5 Å². The number of anilines is 3. The largest absolute Gasteiger partial charge is 0.372 e. The number of fused-ring (bicyclic) bond motifs is 1. The van der Waals surface area contributed by atoms with Gasteiger partial charge in [0.25, 0.3) is 0 Å². The summed E-state index contributed by atoms with van der Waals surface area (Å²) < 4.78 is 2.31. The van der Waals surface area contributed by atoms with E-state index in [1.54, 1.807) is 12.3 Å². The molecule has 248 valence electrons. The van der Waals surface area contributed by atoms with Crippen molar-refractivity contribution >= 4 is 40.5 Å². The van der Waals surface area contributed by atoms with E-state index < -0.39 is 0 Å². The molecule has 2 N–H and O–H groups in total. The third kappa shape index (κ3) is 9.42. The molecule has 0 amide bonds. The number of hydrogen-bond donors (Lipinski definition) is 2. The first kappa shape index (κ1) is 36.3. The van der Waals surface area contributed by atoms with Gasteiger partial charge in [-0.25, -0.2) is 4.98 Å². The Morgan fingerprint density at radius 2 is 1.78 bits per heavy atom. The first-order chi connectivity index (χ1) is 21.7. The van der Waals surface area contributed by atoms with Gasteiger partial charge in [0, 0.05) is 49.3 Å². The second kappa shape index (κ2) is 15.9. The summed E-state index contributed by atoms with van der Waals surface area (Å²) in [6.07, 6.45) is 7.16. The molecule has 0 saturated carbocycles. The number of nitrogens with one attached hydrogen (secondary N) is 2. The zero-order valence-electron chi connectivity index (χ0n) is 30.0. The van der Waals surface area contributed by atoms with E-state index in [0.717, 1.165) is 76.8 Å². The Balaban J connectivity index is 2.08. The van der Waals surface area contributed by atoms with Crippen LogP contribution in [0.5, 0.6) is 0 Å². The van der Waals surface area contributed by atoms with E-state index in [1.165, 1.54) is 11.1 Å². The van der Waals surface area contributed by atoms with Crippen LogP contribution in [0.3, 0.4) is 0 Å². The molecular weight excluding hydrogens is 568 g/mol. The van der Waals surface area contributed by atoms with E-state index in [1.807, 2.05) is 6.08 Å². The van der Waals surface area contributed by atoms with Crippen molar-refractivity contribution in [2.75, 3.05) is 56.4 Å². The van der Waals surface area contributed by atoms with Gasteiger partial charge in [-0.2, -0.15) is 0 Å². The summed E-state index contributed by atoms with van der Waals surface area (Å²) in [6, 6.07) is 9.16. The molecule has 2 aromatic carbocycles. The minimum absolute atomic E-state index is 0.102. The first-order valence-corrected chi connectivity index (χ1v) is 16.2. The molecule has 46 heavy (non-hydrogen) atoms. The number of rotatable bonds is 16. The molecule has 0 radical (unpaired) electrons. The Kier molecular flexibility index (Phi) is 12.5. The van der Waals surface area contributed by atoms with Gasteiger partial charge in [-0.15, -0.1) is 0 Å². The van der Waals surface area contributed by atoms with Crippen LogP contribution >= 0.6 is 0 Å². The van der Waals surface area contributed by atoms with Gasteiger partial charge in [0.2, 0.25) is 0 Å². The molecule has 0 aliphatic carbocycles. The summed E-state index contributed by atoms with van der Waals surface area (Å²) in [5, 5.41) is 7.05. The van der Waals surface area contributed by atoms with E-state index >= 15 is 0 Å². The fourth-order valence-corrected chi connectivity index (χ4v) is 5.66. The zero-order valence-corrected chi connectivity index (χ0v) is 30.0. The predicted molar refractivity (Wildman–Crippen MR) is 202 cm³/mol. The average Bonchev–Trinajstić information content (AvgIpc) is 3.33. The molecule has 1 aromatic heterocycles. The Morgan fingerprint density at radius 3 is 2.37 bits per heavy atom. The van der Waals surface area contributed by atoms with Gasteiger partial charge in [-0.05, 0) is 107 Å². The zero-order chi connectivity index (χ0) is 34.2. The van der Waals surface area contributed by atoms with Gasteiger partial charge in [-0.3, -0.25) is 9.98 Å². The van der Waals surface area contributed by atoms with E-state index in [4.69, 9.17) is 9.98 Å². The Hall–Kier alpha value is -4.17. The van der Waals surface area contributed by atoms with E-state index in [-0.39, 0.29) is 11.5 Å². The van der Waals surface area contributed by atoms with Crippen LogP contribution in [0.1, 0.15) is 70.1 Å². The monoisotopic (exact) mass is 624 g/mol. The Labute approximate surface area is 277 Å². The minimum atomic E-state index is 0.102. The summed E-state index contributed by atoms with van der Waals surface area (Å²) in [7, 11) is 6.31. The van der Waals surface area contributed by atoms with Crippen LogP contribution in [-0.2, 0) is 12.8 Å². The SMILES string of the molecule is C=CC(=C)Nc1cc(NCN=C(/C=C\N=C)c2cc(CC(C)(C)C)c3nc(C)n(C(C)C)c3c2)c(CC)cc1N(C)CCN(C)C. The summed E-state index contributed by atoms with van der Waals surface area (Å²) in [6.45, 7) is 29.4. The molecular formula is C38H56N8. The standard InChI is InChI=1S/C38H56N8/c1-14-27(5)42-34-23-33(29(15-2)21-35(34)45(13)19-18-44(11)12)41-25-40-32(16-17-39-10)30-20-31(24-38(7,8)9)37-36(22-30)46(26(3)4)28(6)43-37/h14,16-17,20-23,26,41-42H,1,5,10,15,18-19,24-25H2,2-4,6-9,11-13H3/b17-16-,40-32?. The number of likely N-dealkylation sites (N-methyl/N-ethyl adjacent to an activating group) is 2. The third-order valence-corrected chi connectivity index (χ3v) is 7.88. The molecule has 8 heteroatoms. The number of nitrogens with zero attached hydrogens (tertiary/aromatic N) is 6. The maximum atomic E-state index is 5.07. The molecule has 8 nitrogen and oxygen atoms in total. The van der Waals surface area contributed by atoms with Crippen molar-refractivity contribution in [3.05, 3.63) is 84.0 Å². The van der Waals surface area contributed by atoms with Gasteiger partial charge in [-0.1, -0.05) is 40.9 Å². The van der Waals surface area contributed by atoms with Crippen molar-refractivity contribution in [2.45, 2.75) is 67.3 Å². The van der Waals surface area contributed by atoms with Crippen molar-refractivity contribution in [1.82, 2.24) is 14.5 Å². The minimum Gasteiger partial charge on any atom is -0.372 e. The van der Waals surface area contributed by atoms with Crippen molar-refractivity contribution in [3.8, 4) is 0 Å². The molecule has 0 aliphatic rings. The van der Waals surface area contributed by atoms with Crippen LogP contribution in [-0.4, -0.2) is 67.8 Å². The highest BCUT2D eigenvalue weighted by Crippen LogP contribution is 2.34. The van der Waals surface area contributed by atoms with Gasteiger partial charge in [0.1, 0.15) is 12.5 Å². The normalized spacial score (nSPS) is 12.4. The fourth-order valence-electron chi connectivity index (χ4n) is 5.66. The maximum Gasteiger partial charge on any atom is 0.108 e. The van der Waals surface area contributed by atoms with Crippen molar-refractivity contribution in [3.63, 3.8) is 0 Å². The van der Waals surface area contributed by atoms with Crippen LogP contribution in [0.2, 0.25) is 0 Å². The van der Waals surface area contributed by atoms with Gasteiger partial charge in [0.05, 0.1) is 28.1 Å². The molecule has 3 rings (SSSR count). The van der Waals surface area contributed by atoms with Crippen LogP contribution in [0, 0.1) is 12.3 Å². The number of aliphatic imine (C=N–C) groups is 2. The van der Waals surface area contributed by atoms with Crippen LogP contribution in [0.4, 0.5) is 17.1 Å². The lowest BCUT2D eigenvalue weighted by Gasteiger charge is -2.26. The number of benzene rings is 2. The second-order valence-corrected chi connectivity index (χ2v) is 13.7. The molecule has 0 spiro atoms. The lowest BCUT2D eigenvalue weighted by molar-refractivity contribution is 0.412. The topological polar surface area (TPSA) is 73.1 Å². The molecule has 0 aliphatic heterocycles. The summed E-state index contributed by atoms with van der Waals surface area (Å²) in [5.41, 5.74) is 10.5. The fraction of sp³-hybridized carbons (Fsp3) is 0.447. The van der Waals surface area contributed by atoms with E-state index in [9.17, 15) is 0 Å². The molecule has 0 fully saturated rings. The van der Waals surface area contributed by atoms with Crippen molar-refractivity contribution < 1.29 is 0 Å². The highest BCUT2D eigenvalue weighted by atomic mass is 15.2. The smallest absolute Gasteiger partial charge is 0.108 e. The van der Waals surface area contributed by atoms with Crippen LogP contribution in [0.25, 0.3) is 11.0 Å².